The molecule has 0 unspecified atom stereocenters. The lowest BCUT2D eigenvalue weighted by Gasteiger charge is -2.09. The third kappa shape index (κ3) is 3.10. The number of carbonyl (C=O) groups is 1. The molecule has 0 spiro atoms. The maximum absolute atomic E-state index is 12.1. The Bertz CT molecular complexity index is 1080. The largest absolute Gasteiger partial charge is 0.354 e. The molecule has 0 fully saturated rings. The van der Waals surface area contributed by atoms with Crippen LogP contribution in [-0.4, -0.2) is 22.0 Å². The Balaban J connectivity index is 1.60. The minimum absolute atomic E-state index is 0.0635. The van der Waals surface area contributed by atoms with Crippen molar-refractivity contribution in [3.8, 4) is 0 Å². The van der Waals surface area contributed by atoms with Crippen molar-refractivity contribution in [2.75, 3.05) is 6.54 Å². The van der Waals surface area contributed by atoms with Crippen LogP contribution in [0.4, 0.5) is 0 Å². The Morgan fingerprint density at radius 2 is 2.04 bits per heavy atom. The predicted octanol–water partition coefficient (Wildman–Crippen LogP) is 4.23. The van der Waals surface area contributed by atoms with Crippen molar-refractivity contribution in [1.29, 1.82) is 0 Å². The molecule has 0 aliphatic carbocycles. The zero-order valence-corrected chi connectivity index (χ0v) is 15.8. The number of para-hydroxylation sites is 1. The van der Waals surface area contributed by atoms with E-state index in [1.807, 2.05) is 24.4 Å². The van der Waals surface area contributed by atoms with Crippen molar-refractivity contribution < 1.29 is 4.79 Å². The zero-order valence-electron chi connectivity index (χ0n) is 15.0. The van der Waals surface area contributed by atoms with Crippen LogP contribution in [0, 0.1) is 13.8 Å². The first-order valence-corrected chi connectivity index (χ1v) is 9.65. The number of carbonyl (C=O) groups excluding carboxylic acids is 1. The molecule has 5 heteroatoms. The highest BCUT2D eigenvalue weighted by Crippen LogP contribution is 2.30. The third-order valence-electron chi connectivity index (χ3n) is 4.62. The lowest BCUT2D eigenvalue weighted by molar-refractivity contribution is -0.120. The van der Waals surface area contributed by atoms with E-state index in [9.17, 15) is 4.79 Å². The van der Waals surface area contributed by atoms with Gasteiger partial charge in [0.1, 0.15) is 5.65 Å². The summed E-state index contributed by atoms with van der Waals surface area (Å²) in [5.41, 5.74) is 4.41. The summed E-state index contributed by atoms with van der Waals surface area (Å²) < 4.78 is 2.22. The summed E-state index contributed by atoms with van der Waals surface area (Å²) >= 11 is 1.61. The maximum atomic E-state index is 12.1. The number of nitrogens with one attached hydrogen (secondary N) is 1. The molecule has 3 heterocycles. The van der Waals surface area contributed by atoms with Gasteiger partial charge < -0.3 is 9.88 Å². The Kier molecular flexibility index (Phi) is 4.47. The van der Waals surface area contributed by atoms with Crippen molar-refractivity contribution >= 4 is 39.2 Å². The minimum atomic E-state index is 0.0635. The Morgan fingerprint density at radius 1 is 1.19 bits per heavy atom. The second kappa shape index (κ2) is 6.92. The molecule has 4 rings (SSSR count). The molecule has 1 N–H and O–H groups in total. The van der Waals surface area contributed by atoms with Gasteiger partial charge in [-0.05, 0) is 43.0 Å². The molecule has 132 valence electrons. The summed E-state index contributed by atoms with van der Waals surface area (Å²) in [4.78, 5) is 18.0. The lowest BCUT2D eigenvalue weighted by atomic mass is 10.1. The van der Waals surface area contributed by atoms with E-state index in [0.717, 1.165) is 21.7 Å². The fraction of sp³-hybridized carbons (Fsp3) is 0.238. The average Bonchev–Trinajstić information content (AvgIpc) is 3.21. The predicted molar refractivity (Wildman–Crippen MR) is 108 cm³/mol. The Morgan fingerprint density at radius 3 is 2.85 bits per heavy atom. The number of amides is 1. The number of thiophene rings is 1. The van der Waals surface area contributed by atoms with Gasteiger partial charge >= 0.3 is 0 Å². The molecule has 0 saturated heterocycles. The van der Waals surface area contributed by atoms with Crippen LogP contribution in [0.3, 0.4) is 0 Å². The number of aryl methyl sites for hydroxylation is 2. The number of rotatable bonds is 5. The van der Waals surface area contributed by atoms with E-state index in [2.05, 4.69) is 47.1 Å². The number of aromatic nitrogens is 2. The van der Waals surface area contributed by atoms with Crippen LogP contribution in [0.15, 0.2) is 47.8 Å². The second-order valence-electron chi connectivity index (χ2n) is 6.55. The van der Waals surface area contributed by atoms with Crippen LogP contribution < -0.4 is 5.32 Å². The van der Waals surface area contributed by atoms with E-state index in [-0.39, 0.29) is 5.91 Å². The molecule has 1 aromatic carbocycles. The molecule has 26 heavy (non-hydrogen) atoms. The average molecular weight is 363 g/mol. The molecule has 0 aliphatic rings. The molecule has 4 aromatic rings. The summed E-state index contributed by atoms with van der Waals surface area (Å²) in [5.74, 6) is 0.0635. The summed E-state index contributed by atoms with van der Waals surface area (Å²) in [6.07, 6.45) is 0.446. The van der Waals surface area contributed by atoms with Crippen molar-refractivity contribution in [3.05, 3.63) is 64.0 Å². The van der Waals surface area contributed by atoms with Gasteiger partial charge in [0.25, 0.3) is 0 Å². The normalized spacial score (nSPS) is 11.3. The zero-order chi connectivity index (χ0) is 18.1. The van der Waals surface area contributed by atoms with Gasteiger partial charge in [-0.3, -0.25) is 4.79 Å². The molecule has 0 atom stereocenters. The van der Waals surface area contributed by atoms with E-state index in [1.165, 1.54) is 16.3 Å². The standard InChI is InChI=1S/C21H21N3OS/c1-14-12-15(2)23-21-20(14)17-7-3-4-8-18(17)24(21)10-9-22-19(25)13-16-6-5-11-26-16/h3-8,11-12H,9-10,13H2,1-2H3,(H,22,25). The molecule has 3 aromatic heterocycles. The maximum Gasteiger partial charge on any atom is 0.225 e. The highest BCUT2D eigenvalue weighted by atomic mass is 32.1. The van der Waals surface area contributed by atoms with Crippen LogP contribution in [0.25, 0.3) is 21.9 Å². The third-order valence-corrected chi connectivity index (χ3v) is 5.49. The number of hydrogen-bond donors (Lipinski definition) is 1. The van der Waals surface area contributed by atoms with Crippen molar-refractivity contribution in [2.24, 2.45) is 0 Å². The SMILES string of the molecule is Cc1cc(C)c2c3ccccc3n(CCNC(=O)Cc3cccs3)c2n1. The van der Waals surface area contributed by atoms with E-state index in [1.54, 1.807) is 11.3 Å². The minimum Gasteiger partial charge on any atom is -0.354 e. The van der Waals surface area contributed by atoms with Gasteiger partial charge in [0, 0.05) is 34.4 Å². The molecule has 0 radical (unpaired) electrons. The van der Waals surface area contributed by atoms with Crippen LogP contribution in [0.2, 0.25) is 0 Å². The molecule has 0 saturated carbocycles. The fourth-order valence-corrected chi connectivity index (χ4v) is 4.25. The first-order chi connectivity index (χ1) is 12.6. The van der Waals surface area contributed by atoms with Crippen molar-refractivity contribution in [3.63, 3.8) is 0 Å². The number of benzene rings is 1. The van der Waals surface area contributed by atoms with Crippen LogP contribution in [0.1, 0.15) is 16.1 Å². The summed E-state index contributed by atoms with van der Waals surface area (Å²) in [6.45, 7) is 5.45. The Hall–Kier alpha value is -2.66. The van der Waals surface area contributed by atoms with Crippen LogP contribution >= 0.6 is 11.3 Å². The van der Waals surface area contributed by atoms with Gasteiger partial charge in [-0.2, -0.15) is 0 Å². The van der Waals surface area contributed by atoms with E-state index in [0.29, 0.717) is 19.5 Å². The summed E-state index contributed by atoms with van der Waals surface area (Å²) in [6, 6.07) is 14.5. The van der Waals surface area contributed by atoms with Gasteiger partial charge in [-0.1, -0.05) is 24.3 Å². The first kappa shape index (κ1) is 16.8. The highest BCUT2D eigenvalue weighted by molar-refractivity contribution is 7.10. The Labute approximate surface area is 156 Å². The molecule has 0 aliphatic heterocycles. The number of pyridine rings is 1. The smallest absolute Gasteiger partial charge is 0.225 e. The quantitative estimate of drug-likeness (QED) is 0.577. The highest BCUT2D eigenvalue weighted by Gasteiger charge is 2.14. The second-order valence-corrected chi connectivity index (χ2v) is 7.59. The van der Waals surface area contributed by atoms with Crippen LogP contribution in [0.5, 0.6) is 0 Å². The van der Waals surface area contributed by atoms with E-state index in [4.69, 9.17) is 4.98 Å². The summed E-state index contributed by atoms with van der Waals surface area (Å²) in [5, 5.41) is 7.46. The van der Waals surface area contributed by atoms with Crippen molar-refractivity contribution in [2.45, 2.75) is 26.8 Å². The number of hydrogen-bond acceptors (Lipinski definition) is 3. The van der Waals surface area contributed by atoms with Gasteiger partial charge in [-0.25, -0.2) is 4.98 Å². The fourth-order valence-electron chi connectivity index (χ4n) is 3.55. The van der Waals surface area contributed by atoms with Crippen molar-refractivity contribution in [1.82, 2.24) is 14.9 Å². The molecular weight excluding hydrogens is 342 g/mol. The van der Waals surface area contributed by atoms with Gasteiger partial charge in [0.05, 0.1) is 11.9 Å². The van der Waals surface area contributed by atoms with Gasteiger partial charge in [0.15, 0.2) is 0 Å². The lowest BCUT2D eigenvalue weighted by Crippen LogP contribution is -2.28. The number of nitrogens with zero attached hydrogens (tertiary/aromatic N) is 2. The molecule has 0 bridgehead atoms. The first-order valence-electron chi connectivity index (χ1n) is 8.78. The molecule has 1 amide bonds. The van der Waals surface area contributed by atoms with Gasteiger partial charge in [0.2, 0.25) is 5.91 Å². The van der Waals surface area contributed by atoms with E-state index >= 15 is 0 Å². The molecular formula is C21H21N3OS. The van der Waals surface area contributed by atoms with Gasteiger partial charge in [-0.15, -0.1) is 11.3 Å². The topological polar surface area (TPSA) is 46.9 Å². The number of fused-ring (bicyclic) bond motifs is 3. The molecule has 4 nitrogen and oxygen atoms in total. The van der Waals surface area contributed by atoms with Crippen LogP contribution in [-0.2, 0) is 17.8 Å². The monoisotopic (exact) mass is 363 g/mol. The van der Waals surface area contributed by atoms with E-state index < -0.39 is 0 Å². The summed E-state index contributed by atoms with van der Waals surface area (Å²) in [7, 11) is 0.